The highest BCUT2D eigenvalue weighted by molar-refractivity contribution is 7.92. The summed E-state index contributed by atoms with van der Waals surface area (Å²) >= 11 is 5.75. The fraction of sp³-hybridized carbons (Fsp3) is 0.235. The van der Waals surface area contributed by atoms with E-state index in [1.165, 1.54) is 34.6 Å². The average molecular weight is 410 g/mol. The van der Waals surface area contributed by atoms with E-state index in [2.05, 4.69) is 5.32 Å². The second-order valence-electron chi connectivity index (χ2n) is 6.02. The zero-order valence-electron chi connectivity index (χ0n) is 14.1. The smallest absolute Gasteiger partial charge is 0.289 e. The molecule has 1 N–H and O–H groups in total. The minimum atomic E-state index is -3.32. The Morgan fingerprint density at radius 2 is 1.85 bits per heavy atom. The number of rotatable bonds is 4. The molecule has 8 nitrogen and oxygen atoms in total. The van der Waals surface area contributed by atoms with Gasteiger partial charge in [0.15, 0.2) is 0 Å². The SMILES string of the molecule is O=C(Nc1ccc(Cl)c([N+](=O)[O-])c1)c1ccc(N2CCCCS2(=O)=O)cc1. The molecule has 0 bridgehead atoms. The fourth-order valence-electron chi connectivity index (χ4n) is 2.79. The Hall–Kier alpha value is -2.65. The molecule has 0 saturated carbocycles. The van der Waals surface area contributed by atoms with Gasteiger partial charge in [0.1, 0.15) is 5.02 Å². The summed E-state index contributed by atoms with van der Waals surface area (Å²) in [5, 5.41) is 13.5. The number of nitro benzene ring substituents is 1. The summed E-state index contributed by atoms with van der Waals surface area (Å²) < 4.78 is 25.6. The summed E-state index contributed by atoms with van der Waals surface area (Å²) in [6, 6.07) is 10.1. The second kappa shape index (κ2) is 7.53. The molecule has 0 aliphatic carbocycles. The van der Waals surface area contributed by atoms with Crippen LogP contribution in [0.1, 0.15) is 23.2 Å². The predicted octanol–water partition coefficient (Wildman–Crippen LogP) is 3.43. The van der Waals surface area contributed by atoms with Gasteiger partial charge >= 0.3 is 0 Å². The number of carbonyl (C=O) groups is 1. The third-order valence-corrected chi connectivity index (χ3v) is 6.36. The van der Waals surface area contributed by atoms with Crippen LogP contribution < -0.4 is 9.62 Å². The van der Waals surface area contributed by atoms with E-state index in [1.807, 2.05) is 0 Å². The Labute approximate surface area is 160 Å². The normalized spacial score (nSPS) is 16.0. The van der Waals surface area contributed by atoms with Gasteiger partial charge in [-0.15, -0.1) is 0 Å². The van der Waals surface area contributed by atoms with Crippen LogP contribution in [0.3, 0.4) is 0 Å². The van der Waals surface area contributed by atoms with Gasteiger partial charge in [-0.2, -0.15) is 0 Å². The first kappa shape index (κ1) is 19.1. The molecule has 0 atom stereocenters. The molecule has 0 radical (unpaired) electrons. The number of hydrogen-bond donors (Lipinski definition) is 1. The van der Waals surface area contributed by atoms with E-state index in [0.717, 1.165) is 6.42 Å². The molecule has 0 unspecified atom stereocenters. The maximum Gasteiger partial charge on any atom is 0.289 e. The first-order valence-corrected chi connectivity index (χ1v) is 10.1. The molecule has 2 aromatic rings. The summed E-state index contributed by atoms with van der Waals surface area (Å²) in [5.41, 5.74) is 0.734. The molecule has 10 heteroatoms. The summed E-state index contributed by atoms with van der Waals surface area (Å²) in [6.45, 7) is 0.419. The van der Waals surface area contributed by atoms with Crippen molar-refractivity contribution in [3.05, 3.63) is 63.2 Å². The molecule has 0 aromatic heterocycles. The van der Waals surface area contributed by atoms with Crippen LogP contribution in [0.15, 0.2) is 42.5 Å². The second-order valence-corrected chi connectivity index (χ2v) is 8.44. The molecule has 1 saturated heterocycles. The van der Waals surface area contributed by atoms with Crippen molar-refractivity contribution in [2.75, 3.05) is 21.9 Å². The van der Waals surface area contributed by atoms with E-state index in [1.54, 1.807) is 12.1 Å². The maximum atomic E-state index is 12.3. The molecular formula is C17H16ClN3O5S. The summed E-state index contributed by atoms with van der Waals surface area (Å²) in [6.07, 6.45) is 1.43. The number of nitrogens with one attached hydrogen (secondary N) is 1. The van der Waals surface area contributed by atoms with E-state index >= 15 is 0 Å². The van der Waals surface area contributed by atoms with Crippen LogP contribution in [0, 0.1) is 10.1 Å². The van der Waals surface area contributed by atoms with Crippen molar-refractivity contribution in [1.29, 1.82) is 0 Å². The van der Waals surface area contributed by atoms with Gasteiger partial charge in [0.05, 0.1) is 16.4 Å². The van der Waals surface area contributed by atoms with Crippen LogP contribution in [-0.2, 0) is 10.0 Å². The molecular weight excluding hydrogens is 394 g/mol. The molecule has 2 aromatic carbocycles. The van der Waals surface area contributed by atoms with Crippen molar-refractivity contribution in [2.45, 2.75) is 12.8 Å². The summed E-state index contributed by atoms with van der Waals surface area (Å²) in [4.78, 5) is 22.6. The van der Waals surface area contributed by atoms with E-state index in [4.69, 9.17) is 11.6 Å². The number of sulfonamides is 1. The molecule has 27 heavy (non-hydrogen) atoms. The van der Waals surface area contributed by atoms with Crippen LogP contribution in [-0.4, -0.2) is 31.5 Å². The lowest BCUT2D eigenvalue weighted by molar-refractivity contribution is -0.384. The van der Waals surface area contributed by atoms with Crippen molar-refractivity contribution >= 4 is 44.6 Å². The van der Waals surface area contributed by atoms with Gasteiger partial charge in [-0.05, 0) is 49.2 Å². The third kappa shape index (κ3) is 4.20. The van der Waals surface area contributed by atoms with Gasteiger partial charge < -0.3 is 5.32 Å². The Bertz CT molecular complexity index is 992. The van der Waals surface area contributed by atoms with Crippen LogP contribution in [0.2, 0.25) is 5.02 Å². The number of benzene rings is 2. The van der Waals surface area contributed by atoms with Gasteiger partial charge in [-0.25, -0.2) is 8.42 Å². The predicted molar refractivity (Wildman–Crippen MR) is 103 cm³/mol. The first-order valence-electron chi connectivity index (χ1n) is 8.14. The van der Waals surface area contributed by atoms with E-state index in [-0.39, 0.29) is 22.2 Å². The Morgan fingerprint density at radius 1 is 1.15 bits per heavy atom. The standard InChI is InChI=1S/C17H16ClN3O5S/c18-15-8-5-13(11-16(15)21(23)24)19-17(22)12-3-6-14(7-4-12)20-9-1-2-10-27(20,25)26/h3-8,11H,1-2,9-10H2,(H,19,22). The van der Waals surface area contributed by atoms with Crippen molar-refractivity contribution in [2.24, 2.45) is 0 Å². The number of halogens is 1. The number of hydrogen-bond acceptors (Lipinski definition) is 5. The minimum Gasteiger partial charge on any atom is -0.322 e. The van der Waals surface area contributed by atoms with Crippen LogP contribution in [0.25, 0.3) is 0 Å². The zero-order valence-corrected chi connectivity index (χ0v) is 15.7. The van der Waals surface area contributed by atoms with Crippen molar-refractivity contribution < 1.29 is 18.1 Å². The van der Waals surface area contributed by atoms with Crippen molar-refractivity contribution in [1.82, 2.24) is 0 Å². The number of amides is 1. The third-order valence-electron chi connectivity index (χ3n) is 4.17. The first-order chi connectivity index (χ1) is 12.8. The molecule has 0 spiro atoms. The van der Waals surface area contributed by atoms with Gasteiger partial charge in [-0.3, -0.25) is 19.2 Å². The highest BCUT2D eigenvalue weighted by Crippen LogP contribution is 2.28. The van der Waals surface area contributed by atoms with Gasteiger partial charge in [0.2, 0.25) is 10.0 Å². The summed E-state index contributed by atoms with van der Waals surface area (Å²) in [7, 11) is -3.32. The van der Waals surface area contributed by atoms with E-state index in [9.17, 15) is 23.3 Å². The van der Waals surface area contributed by atoms with Crippen LogP contribution in [0.5, 0.6) is 0 Å². The molecule has 1 aliphatic rings. The molecule has 1 fully saturated rings. The Morgan fingerprint density at radius 3 is 2.48 bits per heavy atom. The molecule has 1 heterocycles. The highest BCUT2D eigenvalue weighted by Gasteiger charge is 2.26. The lowest BCUT2D eigenvalue weighted by Gasteiger charge is -2.28. The molecule has 1 aliphatic heterocycles. The van der Waals surface area contributed by atoms with Gasteiger partial charge in [0.25, 0.3) is 11.6 Å². The largest absolute Gasteiger partial charge is 0.322 e. The van der Waals surface area contributed by atoms with Gasteiger partial charge in [0, 0.05) is 23.9 Å². The van der Waals surface area contributed by atoms with Crippen LogP contribution in [0.4, 0.5) is 17.1 Å². The fourth-order valence-corrected chi connectivity index (χ4v) is 4.62. The topological polar surface area (TPSA) is 110 Å². The van der Waals surface area contributed by atoms with E-state index in [0.29, 0.717) is 24.2 Å². The molecule has 1 amide bonds. The van der Waals surface area contributed by atoms with Gasteiger partial charge in [-0.1, -0.05) is 11.6 Å². The lowest BCUT2D eigenvalue weighted by Crippen LogP contribution is -2.37. The number of carbonyl (C=O) groups excluding carboxylic acids is 1. The monoisotopic (exact) mass is 409 g/mol. The Kier molecular flexibility index (Phi) is 5.33. The summed E-state index contributed by atoms with van der Waals surface area (Å²) in [5.74, 6) is -0.357. The highest BCUT2D eigenvalue weighted by atomic mass is 35.5. The number of nitrogens with zero attached hydrogens (tertiary/aromatic N) is 2. The molecule has 142 valence electrons. The minimum absolute atomic E-state index is 0.0231. The quantitative estimate of drug-likeness (QED) is 0.614. The van der Waals surface area contributed by atoms with Crippen molar-refractivity contribution in [3.63, 3.8) is 0 Å². The number of nitro groups is 1. The zero-order chi connectivity index (χ0) is 19.6. The van der Waals surface area contributed by atoms with Crippen molar-refractivity contribution in [3.8, 4) is 0 Å². The molecule has 3 rings (SSSR count). The average Bonchev–Trinajstić information content (AvgIpc) is 2.63. The lowest BCUT2D eigenvalue weighted by atomic mass is 10.2. The number of anilines is 2. The maximum absolute atomic E-state index is 12.3. The van der Waals surface area contributed by atoms with Crippen LogP contribution >= 0.6 is 11.6 Å². The van der Waals surface area contributed by atoms with E-state index < -0.39 is 20.9 Å². The Balaban J connectivity index is 1.76.